The van der Waals surface area contributed by atoms with Crippen LogP contribution in [0.5, 0.6) is 0 Å². The number of aromatic amines is 1. The Balaban J connectivity index is 2.25. The van der Waals surface area contributed by atoms with Crippen LogP contribution in [-0.2, 0) is 4.74 Å². The molecule has 0 radical (unpaired) electrons. The van der Waals surface area contributed by atoms with E-state index in [1.807, 2.05) is 0 Å². The quantitative estimate of drug-likeness (QED) is 0.806. The Morgan fingerprint density at radius 1 is 1.65 bits per heavy atom. The monoisotopic (exact) mass is 240 g/mol. The molecule has 6 nitrogen and oxygen atoms in total. The molecule has 1 fully saturated rings. The Kier molecular flexibility index (Phi) is 3.63. The summed E-state index contributed by atoms with van der Waals surface area (Å²) < 4.78 is 6.98. The summed E-state index contributed by atoms with van der Waals surface area (Å²) in [5.41, 5.74) is 5.91. The van der Waals surface area contributed by atoms with Crippen molar-refractivity contribution in [3.05, 3.63) is 16.3 Å². The van der Waals surface area contributed by atoms with E-state index in [2.05, 4.69) is 24.0 Å². The van der Waals surface area contributed by atoms with E-state index >= 15 is 0 Å². The minimum Gasteiger partial charge on any atom is -0.379 e. The van der Waals surface area contributed by atoms with Crippen molar-refractivity contribution < 1.29 is 4.74 Å². The molecule has 2 atom stereocenters. The third kappa shape index (κ3) is 2.58. The zero-order valence-electron chi connectivity index (χ0n) is 10.3. The fourth-order valence-corrected chi connectivity index (χ4v) is 2.27. The molecule has 2 heterocycles. The molecule has 1 aliphatic heterocycles. The van der Waals surface area contributed by atoms with Gasteiger partial charge in [0.25, 0.3) is 0 Å². The first-order valence-electron chi connectivity index (χ1n) is 6.09. The van der Waals surface area contributed by atoms with Gasteiger partial charge in [0.15, 0.2) is 5.82 Å². The molecule has 0 aromatic carbocycles. The molecule has 3 N–H and O–H groups in total. The Hall–Kier alpha value is -1.14. The lowest BCUT2D eigenvalue weighted by molar-refractivity contribution is 0.185. The van der Waals surface area contributed by atoms with Crippen LogP contribution in [0.25, 0.3) is 0 Å². The summed E-state index contributed by atoms with van der Waals surface area (Å²) in [4.78, 5) is 11.8. The summed E-state index contributed by atoms with van der Waals surface area (Å²) in [6, 6.07) is -0.121. The van der Waals surface area contributed by atoms with Crippen molar-refractivity contribution in [1.29, 1.82) is 0 Å². The highest BCUT2D eigenvalue weighted by molar-refractivity contribution is 4.97. The first kappa shape index (κ1) is 12.3. The third-order valence-electron chi connectivity index (χ3n) is 3.06. The number of ether oxygens (including phenoxy) is 1. The highest BCUT2D eigenvalue weighted by atomic mass is 16.5. The number of hydrogen-bond donors (Lipinski definition) is 2. The van der Waals surface area contributed by atoms with Gasteiger partial charge in [-0.1, -0.05) is 13.8 Å². The number of aromatic nitrogens is 3. The smallest absolute Gasteiger partial charge is 0.343 e. The fraction of sp³-hybridized carbons (Fsp3) is 0.818. The number of rotatable bonds is 4. The predicted molar refractivity (Wildman–Crippen MR) is 63.7 cm³/mol. The summed E-state index contributed by atoms with van der Waals surface area (Å²) in [5.74, 6) is 1.13. The molecule has 1 aliphatic rings. The molecule has 1 aromatic rings. The van der Waals surface area contributed by atoms with Crippen LogP contribution in [0.15, 0.2) is 4.79 Å². The molecular formula is C11H20N4O2. The van der Waals surface area contributed by atoms with E-state index in [-0.39, 0.29) is 17.8 Å². The number of nitrogens with one attached hydrogen (secondary N) is 1. The minimum absolute atomic E-state index is 0.0782. The first-order chi connectivity index (χ1) is 8.09. The molecule has 0 saturated carbocycles. The molecule has 1 saturated heterocycles. The van der Waals surface area contributed by atoms with Gasteiger partial charge >= 0.3 is 5.69 Å². The van der Waals surface area contributed by atoms with E-state index in [0.717, 1.165) is 12.8 Å². The average Bonchev–Trinajstić information content (AvgIpc) is 2.84. The molecule has 17 heavy (non-hydrogen) atoms. The second kappa shape index (κ2) is 5.01. The number of hydrogen-bond acceptors (Lipinski definition) is 4. The Bertz CT molecular complexity index is 417. The normalized spacial score (nSPS) is 22.2. The van der Waals surface area contributed by atoms with Crippen molar-refractivity contribution in [1.82, 2.24) is 14.8 Å². The van der Waals surface area contributed by atoms with Gasteiger partial charge in [-0.25, -0.2) is 9.89 Å². The molecule has 1 unspecified atom stereocenters. The maximum atomic E-state index is 11.8. The van der Waals surface area contributed by atoms with Gasteiger partial charge < -0.3 is 10.5 Å². The average molecular weight is 240 g/mol. The summed E-state index contributed by atoms with van der Waals surface area (Å²) in [7, 11) is 0. The highest BCUT2D eigenvalue weighted by Gasteiger charge is 2.25. The maximum absolute atomic E-state index is 11.8. The largest absolute Gasteiger partial charge is 0.379 e. The Labute approximate surface area is 100 Å². The van der Waals surface area contributed by atoms with E-state index in [0.29, 0.717) is 25.0 Å². The van der Waals surface area contributed by atoms with E-state index in [4.69, 9.17) is 10.5 Å². The molecule has 96 valence electrons. The summed E-state index contributed by atoms with van der Waals surface area (Å²) >= 11 is 0. The standard InChI is InChI=1S/C11H20N4O2/c1-7(2)5-9(12)10-13-14-11(16)15(10)8-3-4-17-6-8/h7-9H,3-6,12H2,1-2H3,(H,14,16)/t8?,9-/m0/s1. The minimum atomic E-state index is -0.199. The number of nitrogens with two attached hydrogens (primary N) is 1. The lowest BCUT2D eigenvalue weighted by Crippen LogP contribution is -2.28. The fourth-order valence-electron chi connectivity index (χ4n) is 2.27. The highest BCUT2D eigenvalue weighted by Crippen LogP contribution is 2.22. The summed E-state index contributed by atoms with van der Waals surface area (Å²) in [5, 5.41) is 6.55. The third-order valence-corrected chi connectivity index (χ3v) is 3.06. The SMILES string of the molecule is CC(C)C[C@H](N)c1n[nH]c(=O)n1C1CCOC1. The van der Waals surface area contributed by atoms with Crippen LogP contribution in [-0.4, -0.2) is 28.0 Å². The van der Waals surface area contributed by atoms with Crippen molar-refractivity contribution in [2.75, 3.05) is 13.2 Å². The van der Waals surface area contributed by atoms with Crippen LogP contribution in [0.3, 0.4) is 0 Å². The molecule has 0 spiro atoms. The Morgan fingerprint density at radius 3 is 3.00 bits per heavy atom. The molecule has 6 heteroatoms. The van der Waals surface area contributed by atoms with E-state index in [1.165, 1.54) is 0 Å². The van der Waals surface area contributed by atoms with Crippen LogP contribution < -0.4 is 11.4 Å². The topological polar surface area (TPSA) is 85.9 Å². The second-order valence-electron chi connectivity index (χ2n) is 5.01. The number of nitrogens with zero attached hydrogens (tertiary/aromatic N) is 2. The van der Waals surface area contributed by atoms with Gasteiger partial charge in [0.2, 0.25) is 0 Å². The second-order valence-corrected chi connectivity index (χ2v) is 5.01. The van der Waals surface area contributed by atoms with Gasteiger partial charge in [-0.05, 0) is 18.8 Å². The molecule has 0 bridgehead atoms. The van der Waals surface area contributed by atoms with Gasteiger partial charge in [-0.15, -0.1) is 0 Å². The van der Waals surface area contributed by atoms with Crippen molar-refractivity contribution >= 4 is 0 Å². The van der Waals surface area contributed by atoms with E-state index in [1.54, 1.807) is 4.57 Å². The first-order valence-corrected chi connectivity index (χ1v) is 6.09. The van der Waals surface area contributed by atoms with Crippen LogP contribution in [0.4, 0.5) is 0 Å². The van der Waals surface area contributed by atoms with Crippen LogP contribution in [0.2, 0.25) is 0 Å². The Morgan fingerprint density at radius 2 is 2.41 bits per heavy atom. The van der Waals surface area contributed by atoms with Gasteiger partial charge in [-0.2, -0.15) is 5.10 Å². The zero-order valence-corrected chi connectivity index (χ0v) is 10.3. The molecule has 2 rings (SSSR count). The van der Waals surface area contributed by atoms with Gasteiger partial charge in [0.1, 0.15) is 0 Å². The lowest BCUT2D eigenvalue weighted by atomic mass is 10.0. The maximum Gasteiger partial charge on any atom is 0.343 e. The van der Waals surface area contributed by atoms with E-state index in [9.17, 15) is 4.79 Å². The molecular weight excluding hydrogens is 220 g/mol. The molecule has 0 amide bonds. The predicted octanol–water partition coefficient (Wildman–Crippen LogP) is 0.579. The summed E-state index contributed by atoms with van der Waals surface area (Å²) in [6.07, 6.45) is 1.67. The van der Waals surface area contributed by atoms with E-state index < -0.39 is 0 Å². The van der Waals surface area contributed by atoms with Crippen molar-refractivity contribution in [2.45, 2.75) is 38.8 Å². The van der Waals surface area contributed by atoms with Crippen molar-refractivity contribution in [3.63, 3.8) is 0 Å². The van der Waals surface area contributed by atoms with Crippen LogP contribution >= 0.6 is 0 Å². The van der Waals surface area contributed by atoms with Crippen molar-refractivity contribution in [2.24, 2.45) is 11.7 Å². The van der Waals surface area contributed by atoms with Gasteiger partial charge in [-0.3, -0.25) is 4.57 Å². The van der Waals surface area contributed by atoms with Gasteiger partial charge in [0, 0.05) is 6.61 Å². The zero-order chi connectivity index (χ0) is 12.4. The van der Waals surface area contributed by atoms with Gasteiger partial charge in [0.05, 0.1) is 18.7 Å². The van der Waals surface area contributed by atoms with Crippen molar-refractivity contribution in [3.8, 4) is 0 Å². The summed E-state index contributed by atoms with van der Waals surface area (Å²) in [6.45, 7) is 5.48. The lowest BCUT2D eigenvalue weighted by Gasteiger charge is -2.17. The van der Waals surface area contributed by atoms with Crippen LogP contribution in [0.1, 0.15) is 44.6 Å². The molecule has 0 aliphatic carbocycles. The van der Waals surface area contributed by atoms with Crippen LogP contribution in [0, 0.1) is 5.92 Å². The molecule has 1 aromatic heterocycles. The number of H-pyrrole nitrogens is 1.